The number of unbranched alkanes of at least 4 members (excludes halogenated alkanes) is 1. The second kappa shape index (κ2) is 6.72. The minimum absolute atomic E-state index is 0.350. The van der Waals surface area contributed by atoms with Crippen LogP contribution in [0.3, 0.4) is 0 Å². The fourth-order valence-electron chi connectivity index (χ4n) is 2.96. The van der Waals surface area contributed by atoms with E-state index in [1.807, 2.05) is 0 Å². The lowest BCUT2D eigenvalue weighted by atomic mass is 9.91. The first-order chi connectivity index (χ1) is 8.31. The first-order valence-corrected chi connectivity index (χ1v) is 7.41. The fraction of sp³-hybridized carbons (Fsp3) is 1.00. The van der Waals surface area contributed by atoms with Crippen LogP contribution in [0.1, 0.15) is 45.4 Å². The molecule has 0 aromatic heterocycles. The van der Waals surface area contributed by atoms with Gasteiger partial charge in [0.2, 0.25) is 0 Å². The van der Waals surface area contributed by atoms with Crippen LogP contribution in [-0.4, -0.2) is 48.3 Å². The lowest BCUT2D eigenvalue weighted by Gasteiger charge is -2.38. The van der Waals surface area contributed by atoms with Gasteiger partial charge in [0.05, 0.1) is 0 Å². The predicted octanol–water partition coefficient (Wildman–Crippen LogP) is 1.61. The number of hydrogen-bond acceptors (Lipinski definition) is 3. The summed E-state index contributed by atoms with van der Waals surface area (Å²) >= 11 is 0. The van der Waals surface area contributed by atoms with Crippen LogP contribution < -0.4 is 5.32 Å². The van der Waals surface area contributed by atoms with Crippen molar-refractivity contribution in [3.63, 3.8) is 0 Å². The Labute approximate surface area is 106 Å². The van der Waals surface area contributed by atoms with Gasteiger partial charge >= 0.3 is 0 Å². The largest absolute Gasteiger partial charge is 0.396 e. The number of nitrogens with zero attached hydrogens (tertiary/aromatic N) is 1. The lowest BCUT2D eigenvalue weighted by Crippen LogP contribution is -2.50. The second-order valence-corrected chi connectivity index (χ2v) is 5.87. The highest BCUT2D eigenvalue weighted by atomic mass is 16.3. The molecule has 3 heteroatoms. The van der Waals surface area contributed by atoms with Crippen LogP contribution in [0.4, 0.5) is 0 Å². The predicted molar refractivity (Wildman–Crippen MR) is 71.1 cm³/mol. The van der Waals surface area contributed by atoms with Gasteiger partial charge in [-0.3, -0.25) is 0 Å². The number of aliphatic hydroxyl groups is 1. The van der Waals surface area contributed by atoms with E-state index in [1.54, 1.807) is 0 Å². The van der Waals surface area contributed by atoms with Crippen molar-refractivity contribution in [1.82, 2.24) is 10.2 Å². The van der Waals surface area contributed by atoms with Crippen molar-refractivity contribution >= 4 is 0 Å². The third-order valence-corrected chi connectivity index (χ3v) is 4.03. The van der Waals surface area contributed by atoms with Crippen LogP contribution in [0, 0.1) is 5.92 Å². The third kappa shape index (κ3) is 4.57. The number of piperidine rings is 1. The van der Waals surface area contributed by atoms with E-state index in [4.69, 9.17) is 5.11 Å². The Hall–Kier alpha value is -0.120. The smallest absolute Gasteiger partial charge is 0.0434 e. The molecule has 1 saturated carbocycles. The highest BCUT2D eigenvalue weighted by Gasteiger charge is 2.30. The van der Waals surface area contributed by atoms with E-state index in [-0.39, 0.29) is 0 Å². The third-order valence-electron chi connectivity index (χ3n) is 4.03. The Morgan fingerprint density at radius 1 is 1.24 bits per heavy atom. The van der Waals surface area contributed by atoms with Crippen molar-refractivity contribution in [2.24, 2.45) is 5.92 Å². The summed E-state index contributed by atoms with van der Waals surface area (Å²) in [6.07, 6.45) is 7.57. The molecule has 0 aromatic rings. The van der Waals surface area contributed by atoms with Crippen LogP contribution >= 0.6 is 0 Å². The summed E-state index contributed by atoms with van der Waals surface area (Å²) in [6, 6.07) is 1.48. The van der Waals surface area contributed by atoms with E-state index in [0.29, 0.717) is 18.6 Å². The van der Waals surface area contributed by atoms with Gasteiger partial charge in [0.25, 0.3) is 0 Å². The van der Waals surface area contributed by atoms with Gasteiger partial charge in [0, 0.05) is 31.8 Å². The minimum atomic E-state index is 0.350. The monoisotopic (exact) mass is 240 g/mol. The molecule has 2 N–H and O–H groups in total. The molecule has 0 radical (unpaired) electrons. The Balaban J connectivity index is 1.79. The van der Waals surface area contributed by atoms with Crippen LogP contribution in [-0.2, 0) is 0 Å². The van der Waals surface area contributed by atoms with E-state index < -0.39 is 0 Å². The van der Waals surface area contributed by atoms with Crippen LogP contribution in [0.2, 0.25) is 0 Å². The topological polar surface area (TPSA) is 35.5 Å². The molecule has 2 unspecified atom stereocenters. The Bertz CT molecular complexity index is 218. The first kappa shape index (κ1) is 13.3. The highest BCUT2D eigenvalue weighted by Crippen LogP contribution is 2.25. The number of rotatable bonds is 7. The second-order valence-electron chi connectivity index (χ2n) is 5.87. The van der Waals surface area contributed by atoms with Crippen molar-refractivity contribution in [2.45, 2.75) is 57.5 Å². The van der Waals surface area contributed by atoms with E-state index in [2.05, 4.69) is 17.1 Å². The molecule has 1 saturated heterocycles. The SMILES string of the molecule is CCCCN1CC(CCO)CC(NC2CC2)C1. The maximum atomic E-state index is 9.12. The molecule has 3 nitrogen and oxygen atoms in total. The highest BCUT2D eigenvalue weighted by molar-refractivity contribution is 4.90. The van der Waals surface area contributed by atoms with Crippen LogP contribution in [0.5, 0.6) is 0 Å². The fourth-order valence-corrected chi connectivity index (χ4v) is 2.96. The Kier molecular flexibility index (Phi) is 5.26. The normalized spacial score (nSPS) is 30.7. The molecule has 2 atom stereocenters. The molecule has 0 bridgehead atoms. The van der Waals surface area contributed by atoms with Crippen LogP contribution in [0.25, 0.3) is 0 Å². The van der Waals surface area contributed by atoms with Gasteiger partial charge in [0.1, 0.15) is 0 Å². The van der Waals surface area contributed by atoms with Crippen molar-refractivity contribution in [2.75, 3.05) is 26.2 Å². The molecule has 2 aliphatic rings. The number of hydrogen-bond donors (Lipinski definition) is 2. The Morgan fingerprint density at radius 2 is 2.06 bits per heavy atom. The van der Waals surface area contributed by atoms with Crippen LogP contribution in [0.15, 0.2) is 0 Å². The van der Waals surface area contributed by atoms with E-state index in [1.165, 1.54) is 51.7 Å². The minimum Gasteiger partial charge on any atom is -0.396 e. The molecule has 2 fully saturated rings. The molecular weight excluding hydrogens is 212 g/mol. The van der Waals surface area contributed by atoms with Gasteiger partial charge in [0.15, 0.2) is 0 Å². The van der Waals surface area contributed by atoms with Crippen molar-refractivity contribution in [3.8, 4) is 0 Å². The van der Waals surface area contributed by atoms with Gasteiger partial charge in [-0.05, 0) is 44.6 Å². The zero-order valence-electron chi connectivity index (χ0n) is 11.2. The molecule has 1 aliphatic carbocycles. The maximum absolute atomic E-state index is 9.12. The lowest BCUT2D eigenvalue weighted by molar-refractivity contribution is 0.119. The average molecular weight is 240 g/mol. The van der Waals surface area contributed by atoms with Crippen molar-refractivity contribution in [1.29, 1.82) is 0 Å². The maximum Gasteiger partial charge on any atom is 0.0434 e. The molecule has 17 heavy (non-hydrogen) atoms. The molecular formula is C14H28N2O. The summed E-state index contributed by atoms with van der Waals surface area (Å²) in [7, 11) is 0. The molecule has 1 aliphatic heterocycles. The van der Waals surface area contributed by atoms with Crippen molar-refractivity contribution in [3.05, 3.63) is 0 Å². The molecule has 0 spiro atoms. The van der Waals surface area contributed by atoms with Gasteiger partial charge in [-0.1, -0.05) is 13.3 Å². The zero-order chi connectivity index (χ0) is 12.1. The summed E-state index contributed by atoms with van der Waals surface area (Å²) in [5.41, 5.74) is 0. The van der Waals surface area contributed by atoms with Gasteiger partial charge < -0.3 is 15.3 Å². The molecule has 0 amide bonds. The molecule has 100 valence electrons. The molecule has 1 heterocycles. The summed E-state index contributed by atoms with van der Waals surface area (Å²) in [5.74, 6) is 0.696. The average Bonchev–Trinajstić information content (AvgIpc) is 3.10. The Morgan fingerprint density at radius 3 is 2.71 bits per heavy atom. The zero-order valence-corrected chi connectivity index (χ0v) is 11.2. The van der Waals surface area contributed by atoms with Gasteiger partial charge in [-0.2, -0.15) is 0 Å². The molecule has 0 aromatic carbocycles. The standard InChI is InChI=1S/C14H28N2O/c1-2-3-7-16-10-12(6-8-17)9-14(11-16)15-13-4-5-13/h12-15,17H,2-11H2,1H3. The van der Waals surface area contributed by atoms with Gasteiger partial charge in [-0.25, -0.2) is 0 Å². The van der Waals surface area contributed by atoms with E-state index in [9.17, 15) is 0 Å². The van der Waals surface area contributed by atoms with E-state index >= 15 is 0 Å². The van der Waals surface area contributed by atoms with Crippen molar-refractivity contribution < 1.29 is 5.11 Å². The number of nitrogens with one attached hydrogen (secondary N) is 1. The first-order valence-electron chi connectivity index (χ1n) is 7.41. The summed E-state index contributed by atoms with van der Waals surface area (Å²) in [6.45, 7) is 6.26. The number of aliphatic hydroxyl groups excluding tert-OH is 1. The molecule has 2 rings (SSSR count). The number of likely N-dealkylation sites (tertiary alicyclic amines) is 1. The van der Waals surface area contributed by atoms with Gasteiger partial charge in [-0.15, -0.1) is 0 Å². The van der Waals surface area contributed by atoms with E-state index in [0.717, 1.165) is 12.5 Å². The quantitative estimate of drug-likeness (QED) is 0.710. The summed E-state index contributed by atoms with van der Waals surface area (Å²) < 4.78 is 0. The summed E-state index contributed by atoms with van der Waals surface area (Å²) in [5, 5.41) is 12.9. The summed E-state index contributed by atoms with van der Waals surface area (Å²) in [4.78, 5) is 2.60.